The molecule has 8 rings (SSSR count). The van der Waals surface area contributed by atoms with E-state index in [1.165, 1.54) is 79.8 Å². The summed E-state index contributed by atoms with van der Waals surface area (Å²) in [7, 11) is 12.2. The number of halogens is 2. The molecule has 1 amide bonds. The maximum Gasteiger partial charge on any atom is 0.328 e. The Morgan fingerprint density at radius 1 is 0.417 bits per heavy atom. The van der Waals surface area contributed by atoms with Crippen molar-refractivity contribution in [3.63, 3.8) is 0 Å². The number of rotatable bonds is 31. The van der Waals surface area contributed by atoms with Gasteiger partial charge in [0, 0.05) is 65.6 Å². The number of carboxylic acids is 1. The molecular formula is C79H119Cl2N5O15S2. The third kappa shape index (κ3) is 32.2. The zero-order chi connectivity index (χ0) is 74.2. The Balaban J connectivity index is 0.000000447. The summed E-state index contributed by atoms with van der Waals surface area (Å²) in [6, 6.07) is 37.0. The number of nitrogens with one attached hydrogen (secondary N) is 4. The standard InChI is InChI=1S/C20H29NO4.C20H29NO3S.C19H28N2O3S.C10H13NO2.C10H18O3.2ClH/c1-14(18(24-2)16-11-7-8-12-16)19(22)21-17(20(23)25-3)13-15-9-5-4-6-10-15;1-14(18(23-2)16-11-7-8-12-16)19(25)21-17(20(22)24-3)13-15-9-5-4-6-10-15;1-13(17(23-2)15-10-7-11-20-15)18(25)21-16(19(22)24-3)12-14-8-5-4-6-9-14;1-13-10(12)9(11)7-8-5-3-2-4-6-8;1-7(10(11)12)9(13-2)8-5-3-4-6-8;;/h4-6,9-10,14,16-18H,7-8,11-13H2,1-3H3,(H,21,22);4-6,9-10,14,16-18H,7-8,11-13H2,1-3H3,(H,21,25);4-6,8-9,13,15-17,20H,7,10-12H2,1-3H3,(H,21,25);2-6,9H,7,11H2,1H3;7-9H,3-6H2,1-2H3,(H,11,12);2*1H/t2*14-,17+,18-;13-,15+,16+,17-;9-;7-,9-;;/m11101../s1. The van der Waals surface area contributed by atoms with Gasteiger partial charge in [0.05, 0.1) is 74.7 Å². The van der Waals surface area contributed by atoms with E-state index in [9.17, 15) is 28.8 Å². The normalized spacial score (nSPS) is 18.3. The first-order chi connectivity index (χ1) is 48.6. The zero-order valence-electron chi connectivity index (χ0n) is 62.6. The maximum atomic E-state index is 12.7. The molecule has 7 N–H and O–H groups in total. The highest BCUT2D eigenvalue weighted by Crippen LogP contribution is 2.35. The largest absolute Gasteiger partial charge is 0.481 e. The highest BCUT2D eigenvalue weighted by Gasteiger charge is 2.38. The highest BCUT2D eigenvalue weighted by atomic mass is 35.5. The Morgan fingerprint density at radius 2 is 0.709 bits per heavy atom. The molecule has 4 aromatic rings. The van der Waals surface area contributed by atoms with Crippen molar-refractivity contribution >= 4 is 95.0 Å². The number of benzene rings is 4. The summed E-state index contributed by atoms with van der Waals surface area (Å²) in [5, 5.41) is 21.6. The van der Waals surface area contributed by atoms with Crippen molar-refractivity contribution in [2.24, 2.45) is 47.2 Å². The first-order valence-corrected chi connectivity index (χ1v) is 36.6. The van der Waals surface area contributed by atoms with Gasteiger partial charge in [-0.3, -0.25) is 14.4 Å². The second kappa shape index (κ2) is 51.9. The van der Waals surface area contributed by atoms with Crippen LogP contribution in [0, 0.1) is 41.4 Å². The predicted molar refractivity (Wildman–Crippen MR) is 416 cm³/mol. The van der Waals surface area contributed by atoms with E-state index in [0.717, 1.165) is 67.3 Å². The number of esters is 4. The molecule has 1 heterocycles. The van der Waals surface area contributed by atoms with Gasteiger partial charge in [0.2, 0.25) is 5.91 Å². The molecule has 0 aromatic heterocycles. The Bertz CT molecular complexity index is 2800. The minimum Gasteiger partial charge on any atom is -0.481 e. The molecule has 20 nitrogen and oxygen atoms in total. The molecule has 13 atom stereocenters. The summed E-state index contributed by atoms with van der Waals surface area (Å²) in [6.07, 6.45) is 18.3. The first-order valence-electron chi connectivity index (χ1n) is 35.8. The van der Waals surface area contributed by atoms with Crippen LogP contribution in [0.4, 0.5) is 0 Å². The molecule has 24 heteroatoms. The Hall–Kier alpha value is -6.18. The van der Waals surface area contributed by atoms with Gasteiger partial charge in [0.25, 0.3) is 0 Å². The highest BCUT2D eigenvalue weighted by molar-refractivity contribution is 7.80. The molecular weight excluding hydrogens is 1390 g/mol. The van der Waals surface area contributed by atoms with Gasteiger partial charge < -0.3 is 70.0 Å². The number of hydrogen-bond donors (Lipinski definition) is 6. The Morgan fingerprint density at radius 3 is 1.00 bits per heavy atom. The van der Waals surface area contributed by atoms with Gasteiger partial charge in [0.1, 0.15) is 24.2 Å². The summed E-state index contributed by atoms with van der Waals surface area (Å²) < 4.78 is 41.7. The van der Waals surface area contributed by atoms with Gasteiger partial charge >= 0.3 is 29.8 Å². The molecule has 4 aliphatic rings. The molecule has 103 heavy (non-hydrogen) atoms. The monoisotopic (exact) mass is 1510 g/mol. The van der Waals surface area contributed by atoms with Crippen molar-refractivity contribution in [3.8, 4) is 0 Å². The van der Waals surface area contributed by atoms with Crippen LogP contribution in [0.5, 0.6) is 0 Å². The lowest BCUT2D eigenvalue weighted by molar-refractivity contribution is -0.147. The van der Waals surface area contributed by atoms with Gasteiger partial charge in [0.15, 0.2) is 0 Å². The van der Waals surface area contributed by atoms with Crippen LogP contribution < -0.4 is 27.0 Å². The lowest BCUT2D eigenvalue weighted by Crippen LogP contribution is -2.50. The van der Waals surface area contributed by atoms with E-state index in [4.69, 9.17) is 68.4 Å². The van der Waals surface area contributed by atoms with Gasteiger partial charge in [-0.25, -0.2) is 14.4 Å². The number of carbonyl (C=O) groups is 6. The SMILES string of the molecule is COC(=O)[C@@H](N)Cc1ccccc1.COC(=O)[C@H](Cc1ccccc1)NC(=O)[C@H](C)[C@@H](OC)C1CCCC1.COC(=O)[C@H](Cc1ccccc1)NC(=S)[C@H](C)[C@@H](OC)C1CCCC1.COC(=O)[C@H](Cc1ccccc1)NC(=S)[C@H](C)[C@@H](OC)[C@@H]1CCCN1.CO[C@@H](C1CCCC1)[C@@H](C)C(=O)O.Cl.Cl. The van der Waals surface area contributed by atoms with E-state index >= 15 is 0 Å². The fourth-order valence-electron chi connectivity index (χ4n) is 14.1. The van der Waals surface area contributed by atoms with Gasteiger partial charge in [-0.1, -0.05) is 205 Å². The molecule has 0 unspecified atom stereocenters. The number of ether oxygens (including phenoxy) is 8. The summed E-state index contributed by atoms with van der Waals surface area (Å²) >= 11 is 11.2. The number of carbonyl (C=O) groups excluding carboxylic acids is 5. The fourth-order valence-corrected chi connectivity index (χ4v) is 14.7. The summed E-state index contributed by atoms with van der Waals surface area (Å²) in [4.78, 5) is 72.2. The lowest BCUT2D eigenvalue weighted by Gasteiger charge is -2.30. The van der Waals surface area contributed by atoms with E-state index in [0.29, 0.717) is 59.5 Å². The van der Waals surface area contributed by atoms with Crippen LogP contribution in [0.2, 0.25) is 0 Å². The average molecular weight is 1510 g/mol. The second-order valence-electron chi connectivity index (χ2n) is 26.8. The van der Waals surface area contributed by atoms with Crippen molar-refractivity contribution in [1.29, 1.82) is 0 Å². The van der Waals surface area contributed by atoms with Crippen molar-refractivity contribution in [3.05, 3.63) is 144 Å². The van der Waals surface area contributed by atoms with E-state index in [-0.39, 0.29) is 96.7 Å². The third-order valence-electron chi connectivity index (χ3n) is 19.8. The van der Waals surface area contributed by atoms with Gasteiger partial charge in [-0.2, -0.15) is 0 Å². The number of aliphatic carboxylic acids is 1. The average Bonchev–Trinajstić information content (AvgIpc) is 1.85. The first kappa shape index (κ1) is 92.9. The Kier molecular flexibility index (Phi) is 46.8. The number of amides is 1. The molecule has 576 valence electrons. The van der Waals surface area contributed by atoms with Gasteiger partial charge in [-0.15, -0.1) is 24.8 Å². The van der Waals surface area contributed by atoms with Crippen molar-refractivity contribution < 1.29 is 71.8 Å². The van der Waals surface area contributed by atoms with Crippen LogP contribution >= 0.6 is 49.2 Å². The number of hydrogen-bond acceptors (Lipinski definition) is 18. The third-order valence-corrected chi connectivity index (χ3v) is 20.8. The summed E-state index contributed by atoms with van der Waals surface area (Å²) in [6.45, 7) is 8.74. The van der Waals surface area contributed by atoms with Crippen LogP contribution in [0.3, 0.4) is 0 Å². The predicted octanol–water partition coefficient (Wildman–Crippen LogP) is 11.8. The molecule has 0 spiro atoms. The van der Waals surface area contributed by atoms with Crippen LogP contribution in [0.25, 0.3) is 0 Å². The quantitative estimate of drug-likeness (QED) is 0.0155. The Labute approximate surface area is 636 Å². The molecule has 4 fully saturated rings. The van der Waals surface area contributed by atoms with Crippen LogP contribution in [0.15, 0.2) is 121 Å². The molecule has 1 saturated heterocycles. The molecule has 1 aliphatic heterocycles. The van der Waals surface area contributed by atoms with E-state index < -0.39 is 36.1 Å². The van der Waals surface area contributed by atoms with Gasteiger partial charge in [-0.05, 0) is 111 Å². The van der Waals surface area contributed by atoms with E-state index in [2.05, 4.69) is 32.9 Å². The number of methoxy groups -OCH3 is 8. The van der Waals surface area contributed by atoms with Crippen LogP contribution in [-0.4, -0.2) is 169 Å². The maximum absolute atomic E-state index is 12.7. The van der Waals surface area contributed by atoms with Crippen molar-refractivity contribution in [1.82, 2.24) is 21.3 Å². The molecule has 3 saturated carbocycles. The van der Waals surface area contributed by atoms with Crippen molar-refractivity contribution in [2.75, 3.05) is 63.4 Å². The fraction of sp³-hybridized carbons (Fsp3) is 0.595. The molecule has 3 aliphatic carbocycles. The smallest absolute Gasteiger partial charge is 0.328 e. The molecule has 4 aromatic carbocycles. The minimum atomic E-state index is -0.751. The topological polar surface area (TPSA) is 271 Å². The van der Waals surface area contributed by atoms with E-state index in [1.807, 2.05) is 135 Å². The number of carboxylic acid groups (broad SMARTS) is 1. The number of nitrogens with two attached hydrogens (primary N) is 1. The second-order valence-corrected chi connectivity index (χ2v) is 27.7. The van der Waals surface area contributed by atoms with Crippen LogP contribution in [0.1, 0.15) is 140 Å². The van der Waals surface area contributed by atoms with E-state index in [1.54, 1.807) is 35.4 Å². The summed E-state index contributed by atoms with van der Waals surface area (Å²) in [5.74, 6) is -1.54. The zero-order valence-corrected chi connectivity index (χ0v) is 65.9. The summed E-state index contributed by atoms with van der Waals surface area (Å²) in [5.41, 5.74) is 9.73. The minimum absolute atomic E-state index is 0. The molecule has 0 bridgehead atoms. The molecule has 0 radical (unpaired) electrons. The number of thiocarbonyl (C=S) groups is 2. The van der Waals surface area contributed by atoms with Crippen LogP contribution in [-0.2, 0) is 92.3 Å². The lowest BCUT2D eigenvalue weighted by atomic mass is 9.89. The van der Waals surface area contributed by atoms with Crippen molar-refractivity contribution in [2.45, 2.75) is 198 Å².